The molecule has 1 atom stereocenters. The summed E-state index contributed by atoms with van der Waals surface area (Å²) in [6, 6.07) is 20.8. The highest BCUT2D eigenvalue weighted by molar-refractivity contribution is 7.09. The highest BCUT2D eigenvalue weighted by Crippen LogP contribution is 2.17. The first kappa shape index (κ1) is 13.6. The maximum atomic E-state index is 4.49. The van der Waals surface area contributed by atoms with Crippen LogP contribution in [0.15, 0.2) is 73.3 Å². The average molecular weight is 244 g/mol. The molecular formula is C15H17OP. The van der Waals surface area contributed by atoms with Crippen molar-refractivity contribution in [3.05, 3.63) is 73.3 Å². The Labute approximate surface area is 105 Å². The van der Waals surface area contributed by atoms with Gasteiger partial charge in [-0.05, 0) is 11.1 Å². The largest absolute Gasteiger partial charge is 0.362 e. The van der Waals surface area contributed by atoms with E-state index in [2.05, 4.69) is 69.1 Å². The fourth-order valence-electron chi connectivity index (χ4n) is 1.33. The van der Waals surface area contributed by atoms with Crippen molar-refractivity contribution >= 4 is 9.47 Å². The Morgan fingerprint density at radius 1 is 0.882 bits per heavy atom. The molecule has 2 heteroatoms. The van der Waals surface area contributed by atoms with Crippen molar-refractivity contribution in [2.24, 2.45) is 0 Å². The summed E-state index contributed by atoms with van der Waals surface area (Å²) in [6.07, 6.45) is 1.69. The number of hydrogen-bond acceptors (Lipinski definition) is 1. The molecule has 0 bridgehead atoms. The van der Waals surface area contributed by atoms with E-state index in [1.807, 2.05) is 12.1 Å². The first-order valence-electron chi connectivity index (χ1n) is 5.41. The Hall–Kier alpha value is -1.43. The summed E-state index contributed by atoms with van der Waals surface area (Å²) < 4.78 is 4.49. The van der Waals surface area contributed by atoms with E-state index in [-0.39, 0.29) is 0 Å². The van der Waals surface area contributed by atoms with Gasteiger partial charge in [-0.2, -0.15) is 0 Å². The van der Waals surface area contributed by atoms with Crippen LogP contribution in [0.3, 0.4) is 0 Å². The third-order valence-electron chi connectivity index (χ3n) is 2.09. The van der Waals surface area contributed by atoms with Crippen LogP contribution in [0.5, 0.6) is 0 Å². The van der Waals surface area contributed by atoms with Gasteiger partial charge in [-0.3, -0.25) is 0 Å². The van der Waals surface area contributed by atoms with E-state index in [0.717, 1.165) is 0 Å². The molecule has 0 aliphatic rings. The molecule has 0 N–H and O–H groups in total. The maximum absolute atomic E-state index is 4.49. The molecular weight excluding hydrogens is 227 g/mol. The maximum Gasteiger partial charge on any atom is 0.0680 e. The summed E-state index contributed by atoms with van der Waals surface area (Å²) in [6.45, 7) is 4.03. The lowest BCUT2D eigenvalue weighted by molar-refractivity contribution is 0.427. The molecule has 2 rings (SSSR count). The SMILES string of the molecule is C=CCOP.c1ccc(-c2ccccc2)cc1. The highest BCUT2D eigenvalue weighted by atomic mass is 31.0. The summed E-state index contributed by atoms with van der Waals surface area (Å²) in [5.41, 5.74) is 2.55. The van der Waals surface area contributed by atoms with Crippen molar-refractivity contribution in [2.75, 3.05) is 6.61 Å². The Kier molecular flexibility index (Phi) is 6.97. The van der Waals surface area contributed by atoms with Crippen LogP contribution < -0.4 is 0 Å². The van der Waals surface area contributed by atoms with Crippen LogP contribution in [0.4, 0.5) is 0 Å². The summed E-state index contributed by atoms with van der Waals surface area (Å²) in [7, 11) is 2.13. The number of hydrogen-bond donors (Lipinski definition) is 0. The second kappa shape index (κ2) is 8.69. The van der Waals surface area contributed by atoms with Crippen LogP contribution in [-0.2, 0) is 4.52 Å². The lowest BCUT2D eigenvalue weighted by atomic mass is 10.1. The first-order chi connectivity index (χ1) is 8.38. The fraction of sp³-hybridized carbons (Fsp3) is 0.0667. The van der Waals surface area contributed by atoms with E-state index < -0.39 is 0 Å². The second-order valence-electron chi connectivity index (χ2n) is 3.35. The van der Waals surface area contributed by atoms with Gasteiger partial charge in [-0.25, -0.2) is 0 Å². The molecule has 1 unspecified atom stereocenters. The summed E-state index contributed by atoms with van der Waals surface area (Å²) in [5.74, 6) is 0. The van der Waals surface area contributed by atoms with Crippen molar-refractivity contribution in [1.82, 2.24) is 0 Å². The molecule has 17 heavy (non-hydrogen) atoms. The molecule has 0 heterocycles. The lowest BCUT2D eigenvalue weighted by Crippen LogP contribution is -1.73. The van der Waals surface area contributed by atoms with Crippen LogP contribution >= 0.6 is 9.47 Å². The van der Waals surface area contributed by atoms with Gasteiger partial charge in [0.15, 0.2) is 0 Å². The van der Waals surface area contributed by atoms with Gasteiger partial charge in [-0.15, -0.1) is 6.58 Å². The molecule has 0 fully saturated rings. The van der Waals surface area contributed by atoms with E-state index in [0.29, 0.717) is 6.61 Å². The van der Waals surface area contributed by atoms with Crippen molar-refractivity contribution in [3.63, 3.8) is 0 Å². The Balaban J connectivity index is 0.000000249. The van der Waals surface area contributed by atoms with Crippen LogP contribution in [0.25, 0.3) is 11.1 Å². The molecule has 1 nitrogen and oxygen atoms in total. The van der Waals surface area contributed by atoms with E-state index in [1.54, 1.807) is 6.08 Å². The predicted octanol–water partition coefficient (Wildman–Crippen LogP) is 4.33. The summed E-state index contributed by atoms with van der Waals surface area (Å²) in [5, 5.41) is 0. The van der Waals surface area contributed by atoms with Gasteiger partial charge in [0.2, 0.25) is 0 Å². The third kappa shape index (κ3) is 5.44. The van der Waals surface area contributed by atoms with Gasteiger partial charge in [-0.1, -0.05) is 66.7 Å². The standard InChI is InChI=1S/C12H10.C3H7OP/c1-3-7-11(8-4-1)12-9-5-2-6-10-12;1-2-3-4-5/h1-10H;2H,1,3,5H2. The van der Waals surface area contributed by atoms with Gasteiger partial charge in [0.05, 0.1) is 6.61 Å². The molecule has 0 amide bonds. The van der Waals surface area contributed by atoms with Crippen molar-refractivity contribution < 1.29 is 4.52 Å². The molecule has 0 saturated heterocycles. The highest BCUT2D eigenvalue weighted by Gasteiger charge is 1.91. The topological polar surface area (TPSA) is 9.23 Å². The zero-order valence-corrected chi connectivity index (χ0v) is 10.9. The summed E-state index contributed by atoms with van der Waals surface area (Å²) >= 11 is 0. The lowest BCUT2D eigenvalue weighted by Gasteiger charge is -1.98. The Morgan fingerprint density at radius 2 is 1.29 bits per heavy atom. The molecule has 0 spiro atoms. The normalized spacial score (nSPS) is 9.00. The number of benzene rings is 2. The first-order valence-corrected chi connectivity index (χ1v) is 5.88. The molecule has 0 aromatic heterocycles. The van der Waals surface area contributed by atoms with E-state index >= 15 is 0 Å². The van der Waals surface area contributed by atoms with Gasteiger partial charge in [0, 0.05) is 9.47 Å². The minimum Gasteiger partial charge on any atom is -0.362 e. The van der Waals surface area contributed by atoms with E-state index in [9.17, 15) is 0 Å². The quantitative estimate of drug-likeness (QED) is 0.576. The molecule has 0 aliphatic heterocycles. The predicted molar refractivity (Wildman–Crippen MR) is 77.7 cm³/mol. The molecule has 0 aliphatic carbocycles. The van der Waals surface area contributed by atoms with Crippen molar-refractivity contribution in [1.29, 1.82) is 0 Å². The summed E-state index contributed by atoms with van der Waals surface area (Å²) in [4.78, 5) is 0. The van der Waals surface area contributed by atoms with Crippen LogP contribution in [0.1, 0.15) is 0 Å². The zero-order valence-electron chi connectivity index (χ0n) is 9.75. The zero-order chi connectivity index (χ0) is 12.3. The smallest absolute Gasteiger partial charge is 0.0680 e. The van der Waals surface area contributed by atoms with Gasteiger partial charge in [0.1, 0.15) is 0 Å². The van der Waals surface area contributed by atoms with Gasteiger partial charge < -0.3 is 4.52 Å². The van der Waals surface area contributed by atoms with Gasteiger partial charge in [0.25, 0.3) is 0 Å². The van der Waals surface area contributed by atoms with E-state index in [1.165, 1.54) is 11.1 Å². The van der Waals surface area contributed by atoms with Crippen LogP contribution in [0.2, 0.25) is 0 Å². The third-order valence-corrected chi connectivity index (χ3v) is 2.29. The fourth-order valence-corrected chi connectivity index (χ4v) is 1.47. The van der Waals surface area contributed by atoms with Crippen LogP contribution in [-0.4, -0.2) is 6.61 Å². The second-order valence-corrected chi connectivity index (χ2v) is 3.69. The van der Waals surface area contributed by atoms with Gasteiger partial charge >= 0.3 is 0 Å². The van der Waals surface area contributed by atoms with Crippen molar-refractivity contribution in [2.45, 2.75) is 0 Å². The minimum atomic E-state index is 0.616. The molecule has 0 saturated carbocycles. The molecule has 2 aromatic rings. The van der Waals surface area contributed by atoms with Crippen molar-refractivity contribution in [3.8, 4) is 11.1 Å². The molecule has 0 radical (unpaired) electrons. The Bertz CT molecular complexity index is 374. The van der Waals surface area contributed by atoms with Crippen LogP contribution in [0, 0.1) is 0 Å². The Morgan fingerprint density at radius 3 is 1.53 bits per heavy atom. The molecule has 88 valence electrons. The monoisotopic (exact) mass is 244 g/mol. The number of rotatable bonds is 3. The average Bonchev–Trinajstić information content (AvgIpc) is 2.42. The minimum absolute atomic E-state index is 0.616. The van der Waals surface area contributed by atoms with E-state index in [4.69, 9.17) is 0 Å². The molecule has 2 aromatic carbocycles.